The first-order chi connectivity index (χ1) is 10.3. The highest BCUT2D eigenvalue weighted by Gasteiger charge is 2.38. The second-order valence-electron chi connectivity index (χ2n) is 6.42. The predicted molar refractivity (Wildman–Crippen MR) is 86.0 cm³/mol. The van der Waals surface area contributed by atoms with E-state index in [-0.39, 0.29) is 11.4 Å². The fourth-order valence-electron chi connectivity index (χ4n) is 3.76. The van der Waals surface area contributed by atoms with Crippen LogP contribution in [0.5, 0.6) is 0 Å². The molecule has 0 atom stereocenters. The van der Waals surface area contributed by atoms with E-state index in [1.165, 1.54) is 64.5 Å². The Morgan fingerprint density at radius 2 is 1.76 bits per heavy atom. The number of hydrogen-bond donors (Lipinski definition) is 2. The number of terminal acetylenes is 1. The lowest BCUT2D eigenvalue weighted by Crippen LogP contribution is -2.58. The van der Waals surface area contributed by atoms with Crippen molar-refractivity contribution in [1.82, 2.24) is 15.5 Å². The maximum absolute atomic E-state index is 11.9. The summed E-state index contributed by atoms with van der Waals surface area (Å²) in [4.78, 5) is 14.6. The van der Waals surface area contributed by atoms with Crippen molar-refractivity contribution in [3.05, 3.63) is 0 Å². The Labute approximate surface area is 129 Å². The molecule has 118 valence electrons. The molecule has 1 heterocycles. The second kappa shape index (κ2) is 8.41. The molecule has 21 heavy (non-hydrogen) atoms. The summed E-state index contributed by atoms with van der Waals surface area (Å²) in [7, 11) is 0. The number of rotatable bonds is 6. The van der Waals surface area contributed by atoms with Gasteiger partial charge in [0, 0.05) is 12.1 Å². The Morgan fingerprint density at radius 1 is 1.10 bits per heavy atom. The maximum atomic E-state index is 11.9. The number of likely N-dealkylation sites (tertiary alicyclic amines) is 1. The summed E-state index contributed by atoms with van der Waals surface area (Å²) in [5.41, 5.74) is 0.209. The maximum Gasteiger partial charge on any atom is 0.234 e. The third kappa shape index (κ3) is 4.72. The monoisotopic (exact) mass is 291 g/mol. The molecule has 2 aliphatic rings. The Morgan fingerprint density at radius 3 is 2.43 bits per heavy atom. The Bertz CT molecular complexity index is 363. The average molecular weight is 291 g/mol. The lowest BCUT2D eigenvalue weighted by molar-refractivity contribution is -0.121. The zero-order valence-corrected chi connectivity index (χ0v) is 13.1. The molecule has 1 aliphatic heterocycles. The van der Waals surface area contributed by atoms with Gasteiger partial charge in [-0.05, 0) is 38.8 Å². The van der Waals surface area contributed by atoms with Gasteiger partial charge in [-0.3, -0.25) is 15.0 Å². The van der Waals surface area contributed by atoms with Crippen LogP contribution in [0.3, 0.4) is 0 Å². The number of nitrogens with zero attached hydrogens (tertiary/aromatic N) is 1. The normalized spacial score (nSPS) is 22.4. The molecule has 2 N–H and O–H groups in total. The van der Waals surface area contributed by atoms with E-state index in [0.717, 1.165) is 6.54 Å². The van der Waals surface area contributed by atoms with Crippen LogP contribution in [0.25, 0.3) is 0 Å². The van der Waals surface area contributed by atoms with Crippen molar-refractivity contribution in [3.63, 3.8) is 0 Å². The van der Waals surface area contributed by atoms with Crippen LogP contribution in [-0.4, -0.2) is 49.1 Å². The molecule has 0 spiro atoms. The first kappa shape index (κ1) is 16.3. The molecule has 0 unspecified atom stereocenters. The van der Waals surface area contributed by atoms with Crippen molar-refractivity contribution < 1.29 is 4.79 Å². The van der Waals surface area contributed by atoms with Gasteiger partial charge >= 0.3 is 0 Å². The van der Waals surface area contributed by atoms with E-state index in [4.69, 9.17) is 6.42 Å². The van der Waals surface area contributed by atoms with Crippen LogP contribution in [0, 0.1) is 12.3 Å². The second-order valence-corrected chi connectivity index (χ2v) is 6.42. The zero-order valence-electron chi connectivity index (χ0n) is 13.1. The first-order valence-corrected chi connectivity index (χ1v) is 8.43. The predicted octanol–water partition coefficient (Wildman–Crippen LogP) is 1.51. The van der Waals surface area contributed by atoms with Crippen LogP contribution in [0.2, 0.25) is 0 Å². The first-order valence-electron chi connectivity index (χ1n) is 8.43. The van der Waals surface area contributed by atoms with Gasteiger partial charge in [0.1, 0.15) is 0 Å². The summed E-state index contributed by atoms with van der Waals surface area (Å²) in [6.07, 6.45) is 15.5. The van der Waals surface area contributed by atoms with Crippen molar-refractivity contribution in [2.24, 2.45) is 0 Å². The molecule has 0 aromatic rings. The Balaban J connectivity index is 1.87. The molecule has 1 aliphatic carbocycles. The topological polar surface area (TPSA) is 44.4 Å². The summed E-state index contributed by atoms with van der Waals surface area (Å²) in [5.74, 6) is 2.55. The van der Waals surface area contributed by atoms with Gasteiger partial charge in [0.25, 0.3) is 0 Å². The third-order valence-electron chi connectivity index (χ3n) is 4.94. The van der Waals surface area contributed by atoms with Crippen molar-refractivity contribution in [1.29, 1.82) is 0 Å². The van der Waals surface area contributed by atoms with Crippen LogP contribution in [0.1, 0.15) is 51.4 Å². The molecule has 1 saturated heterocycles. The van der Waals surface area contributed by atoms with Crippen molar-refractivity contribution in [3.8, 4) is 12.3 Å². The molecule has 2 rings (SSSR count). The molecule has 2 fully saturated rings. The molecule has 4 nitrogen and oxygen atoms in total. The van der Waals surface area contributed by atoms with E-state index in [9.17, 15) is 4.79 Å². The molecule has 0 aromatic heterocycles. The van der Waals surface area contributed by atoms with E-state index in [1.807, 2.05) is 0 Å². The summed E-state index contributed by atoms with van der Waals surface area (Å²) < 4.78 is 0. The molecular weight excluding hydrogens is 262 g/mol. The van der Waals surface area contributed by atoms with Gasteiger partial charge in [-0.25, -0.2) is 0 Å². The molecule has 0 bridgehead atoms. The molecule has 1 amide bonds. The molecule has 0 aromatic carbocycles. The minimum Gasteiger partial charge on any atom is -0.353 e. The quantitative estimate of drug-likeness (QED) is 0.576. The van der Waals surface area contributed by atoms with Crippen LogP contribution < -0.4 is 10.6 Å². The van der Waals surface area contributed by atoms with Gasteiger partial charge in [0.15, 0.2) is 0 Å². The lowest BCUT2D eigenvalue weighted by Gasteiger charge is -2.48. The highest BCUT2D eigenvalue weighted by molar-refractivity contribution is 5.78. The number of carbonyl (C=O) groups is 1. The van der Waals surface area contributed by atoms with E-state index in [2.05, 4.69) is 21.5 Å². The standard InChI is InChI=1S/C17H29N3O/c1-2-11-18-14-16(21)19-15-17(9-5-3-6-10-17)20-12-7-4-8-13-20/h1,18H,3-15H2,(H,19,21). The summed E-state index contributed by atoms with van der Waals surface area (Å²) in [6.45, 7) is 3.96. The largest absolute Gasteiger partial charge is 0.353 e. The number of amides is 1. The number of piperidine rings is 1. The minimum atomic E-state index is 0.0622. The lowest BCUT2D eigenvalue weighted by atomic mass is 9.79. The van der Waals surface area contributed by atoms with Crippen LogP contribution in [-0.2, 0) is 4.79 Å². The zero-order chi connectivity index (χ0) is 15.0. The summed E-state index contributed by atoms with van der Waals surface area (Å²) in [6, 6.07) is 0. The highest BCUT2D eigenvalue weighted by atomic mass is 16.1. The average Bonchev–Trinajstić information content (AvgIpc) is 2.55. The van der Waals surface area contributed by atoms with E-state index >= 15 is 0 Å². The number of carbonyl (C=O) groups excluding carboxylic acids is 1. The van der Waals surface area contributed by atoms with Gasteiger partial charge in [-0.2, -0.15) is 0 Å². The van der Waals surface area contributed by atoms with E-state index in [0.29, 0.717) is 13.1 Å². The van der Waals surface area contributed by atoms with Crippen LogP contribution in [0.4, 0.5) is 0 Å². The smallest absolute Gasteiger partial charge is 0.234 e. The Hall–Kier alpha value is -1.05. The number of hydrogen-bond acceptors (Lipinski definition) is 3. The molecule has 1 saturated carbocycles. The molecular formula is C17H29N3O. The Kier molecular flexibility index (Phi) is 6.53. The van der Waals surface area contributed by atoms with Crippen LogP contribution >= 0.6 is 0 Å². The third-order valence-corrected chi connectivity index (χ3v) is 4.94. The summed E-state index contributed by atoms with van der Waals surface area (Å²) in [5, 5.41) is 6.09. The van der Waals surface area contributed by atoms with Gasteiger partial charge in [-0.1, -0.05) is 31.6 Å². The minimum absolute atomic E-state index is 0.0622. The van der Waals surface area contributed by atoms with Gasteiger partial charge in [-0.15, -0.1) is 6.42 Å². The van der Waals surface area contributed by atoms with Crippen molar-refractivity contribution in [2.45, 2.75) is 56.9 Å². The molecule has 0 radical (unpaired) electrons. The fraction of sp³-hybridized carbons (Fsp3) is 0.824. The SMILES string of the molecule is C#CCNCC(=O)NCC1(N2CCCCC2)CCCCC1. The highest BCUT2D eigenvalue weighted by Crippen LogP contribution is 2.35. The van der Waals surface area contributed by atoms with Crippen molar-refractivity contribution in [2.75, 3.05) is 32.7 Å². The van der Waals surface area contributed by atoms with Crippen molar-refractivity contribution >= 4 is 5.91 Å². The van der Waals surface area contributed by atoms with Gasteiger partial charge < -0.3 is 5.32 Å². The van der Waals surface area contributed by atoms with Crippen LogP contribution in [0.15, 0.2) is 0 Å². The van der Waals surface area contributed by atoms with Gasteiger partial charge in [0.05, 0.1) is 13.1 Å². The fourth-order valence-corrected chi connectivity index (χ4v) is 3.76. The van der Waals surface area contributed by atoms with E-state index < -0.39 is 0 Å². The molecule has 4 heteroatoms. The van der Waals surface area contributed by atoms with E-state index in [1.54, 1.807) is 0 Å². The summed E-state index contributed by atoms with van der Waals surface area (Å²) >= 11 is 0. The van der Waals surface area contributed by atoms with Gasteiger partial charge in [0.2, 0.25) is 5.91 Å². The number of nitrogens with one attached hydrogen (secondary N) is 2.